The predicted octanol–water partition coefficient (Wildman–Crippen LogP) is 1.92. The third-order valence-electron chi connectivity index (χ3n) is 3.73. The molecule has 5 nitrogen and oxygen atoms in total. The molecule has 0 unspecified atom stereocenters. The van der Waals surface area contributed by atoms with Gasteiger partial charge in [0.1, 0.15) is 0 Å². The molecule has 1 saturated heterocycles. The molecule has 1 aliphatic heterocycles. The number of benzene rings is 1. The zero-order valence-electron chi connectivity index (χ0n) is 11.7. The van der Waals surface area contributed by atoms with Crippen LogP contribution in [0.15, 0.2) is 29.2 Å². The van der Waals surface area contributed by atoms with Crippen molar-refractivity contribution in [2.24, 2.45) is 0 Å². The van der Waals surface area contributed by atoms with E-state index in [0.29, 0.717) is 29.1 Å². The summed E-state index contributed by atoms with van der Waals surface area (Å²) in [6, 6.07) is 7.28. The van der Waals surface area contributed by atoms with E-state index in [1.165, 1.54) is 0 Å². The Bertz CT molecular complexity index is 618. The van der Waals surface area contributed by atoms with Gasteiger partial charge in [-0.3, -0.25) is 0 Å². The van der Waals surface area contributed by atoms with Crippen molar-refractivity contribution in [1.29, 1.82) is 0 Å². The predicted molar refractivity (Wildman–Crippen MR) is 86.8 cm³/mol. The van der Waals surface area contributed by atoms with Crippen LogP contribution in [-0.2, 0) is 10.0 Å². The van der Waals surface area contributed by atoms with E-state index in [1.807, 2.05) is 0 Å². The van der Waals surface area contributed by atoms with Gasteiger partial charge in [-0.25, -0.2) is 8.42 Å². The number of hydrogen-bond donors (Lipinski definition) is 2. The molecule has 1 heterocycles. The summed E-state index contributed by atoms with van der Waals surface area (Å²) < 4.78 is 26.3. The molecule has 3 rings (SSSR count). The molecule has 2 N–H and O–H groups in total. The Kier molecular flexibility index (Phi) is 4.14. The van der Waals surface area contributed by atoms with E-state index < -0.39 is 10.0 Å². The largest absolute Gasteiger partial charge is 0.360 e. The molecular formula is C14H19N3O2S2. The van der Waals surface area contributed by atoms with E-state index in [4.69, 9.17) is 12.2 Å². The molecule has 1 aromatic rings. The van der Waals surface area contributed by atoms with Gasteiger partial charge in [0.25, 0.3) is 0 Å². The molecular weight excluding hydrogens is 306 g/mol. The van der Waals surface area contributed by atoms with Gasteiger partial charge in [-0.2, -0.15) is 4.31 Å². The molecule has 1 aliphatic carbocycles. The van der Waals surface area contributed by atoms with E-state index in [1.54, 1.807) is 28.6 Å². The summed E-state index contributed by atoms with van der Waals surface area (Å²) in [6.45, 7) is 1.25. The van der Waals surface area contributed by atoms with Crippen LogP contribution in [0.4, 0.5) is 5.69 Å². The molecule has 7 heteroatoms. The summed E-state index contributed by atoms with van der Waals surface area (Å²) >= 11 is 5.20. The van der Waals surface area contributed by atoms with Crippen LogP contribution < -0.4 is 10.6 Å². The highest BCUT2D eigenvalue weighted by Crippen LogP contribution is 2.22. The maximum atomic E-state index is 12.4. The minimum Gasteiger partial charge on any atom is -0.360 e. The van der Waals surface area contributed by atoms with E-state index in [0.717, 1.165) is 31.4 Å². The first-order valence-corrected chi connectivity index (χ1v) is 9.08. The van der Waals surface area contributed by atoms with E-state index in [2.05, 4.69) is 10.6 Å². The van der Waals surface area contributed by atoms with Gasteiger partial charge < -0.3 is 10.6 Å². The second-order valence-corrected chi connectivity index (χ2v) is 7.85. The van der Waals surface area contributed by atoms with Crippen molar-refractivity contribution < 1.29 is 8.42 Å². The van der Waals surface area contributed by atoms with Crippen LogP contribution in [0.3, 0.4) is 0 Å². The van der Waals surface area contributed by atoms with Gasteiger partial charge in [0, 0.05) is 24.8 Å². The molecule has 0 atom stereocenters. The van der Waals surface area contributed by atoms with Crippen LogP contribution in [0, 0.1) is 0 Å². The van der Waals surface area contributed by atoms with Crippen LogP contribution >= 0.6 is 12.2 Å². The van der Waals surface area contributed by atoms with Crippen LogP contribution in [0.2, 0.25) is 0 Å². The normalized spacial score (nSPS) is 19.4. The van der Waals surface area contributed by atoms with Crippen molar-refractivity contribution in [1.82, 2.24) is 9.62 Å². The average molecular weight is 325 g/mol. The zero-order chi connectivity index (χ0) is 14.9. The van der Waals surface area contributed by atoms with Crippen molar-refractivity contribution in [2.45, 2.75) is 36.6 Å². The summed E-state index contributed by atoms with van der Waals surface area (Å²) in [5.74, 6) is 0. The van der Waals surface area contributed by atoms with Gasteiger partial charge in [-0.1, -0.05) is 0 Å². The summed E-state index contributed by atoms with van der Waals surface area (Å²) in [7, 11) is -3.34. The Morgan fingerprint density at radius 1 is 1.14 bits per heavy atom. The number of nitrogens with zero attached hydrogens (tertiary/aromatic N) is 1. The summed E-state index contributed by atoms with van der Waals surface area (Å²) in [5, 5.41) is 6.85. The lowest BCUT2D eigenvalue weighted by Gasteiger charge is -2.16. The molecule has 1 saturated carbocycles. The van der Waals surface area contributed by atoms with Crippen LogP contribution in [0.1, 0.15) is 25.7 Å². The van der Waals surface area contributed by atoms with Crippen molar-refractivity contribution in [3.8, 4) is 0 Å². The highest BCUT2D eigenvalue weighted by atomic mass is 32.2. The number of thiocarbonyl (C=S) groups is 1. The Morgan fingerprint density at radius 2 is 1.76 bits per heavy atom. The fourth-order valence-corrected chi connectivity index (χ4v) is 4.17. The lowest BCUT2D eigenvalue weighted by atomic mass is 10.3. The van der Waals surface area contributed by atoms with Crippen LogP contribution in [0.5, 0.6) is 0 Å². The van der Waals surface area contributed by atoms with Crippen molar-refractivity contribution in [3.63, 3.8) is 0 Å². The number of nitrogens with one attached hydrogen (secondary N) is 2. The number of anilines is 1. The maximum Gasteiger partial charge on any atom is 0.243 e. The summed E-state index contributed by atoms with van der Waals surface area (Å²) in [6.07, 6.45) is 4.21. The van der Waals surface area contributed by atoms with Crippen molar-refractivity contribution in [3.05, 3.63) is 24.3 Å². The standard InChI is InChI=1S/C14H19N3O2S2/c18-21(19,17-9-1-2-10-17)13-7-5-12(6-8-13)16-14(20)15-11-3-4-11/h5-8,11H,1-4,9-10H2,(H2,15,16,20). The molecule has 1 aromatic carbocycles. The van der Waals surface area contributed by atoms with Crippen molar-refractivity contribution >= 4 is 33.0 Å². The second-order valence-electron chi connectivity index (χ2n) is 5.51. The lowest BCUT2D eigenvalue weighted by Crippen LogP contribution is -2.30. The molecule has 21 heavy (non-hydrogen) atoms. The highest BCUT2D eigenvalue weighted by molar-refractivity contribution is 7.89. The van der Waals surface area contributed by atoms with Gasteiger partial charge in [0.05, 0.1) is 4.90 Å². The molecule has 2 fully saturated rings. The van der Waals surface area contributed by atoms with E-state index in [9.17, 15) is 8.42 Å². The van der Waals surface area contributed by atoms with Gasteiger partial charge >= 0.3 is 0 Å². The summed E-state index contributed by atoms with van der Waals surface area (Å²) in [5.41, 5.74) is 0.800. The third-order valence-corrected chi connectivity index (χ3v) is 5.86. The number of hydrogen-bond acceptors (Lipinski definition) is 3. The molecule has 114 valence electrons. The molecule has 2 aliphatic rings. The van der Waals surface area contributed by atoms with Gasteiger partial charge in [-0.05, 0) is 62.2 Å². The minimum atomic E-state index is -3.34. The van der Waals surface area contributed by atoms with Gasteiger partial charge in [0.15, 0.2) is 5.11 Å². The molecule has 0 radical (unpaired) electrons. The first-order valence-electron chi connectivity index (χ1n) is 7.23. The Labute approximate surface area is 130 Å². The molecule has 0 aromatic heterocycles. The zero-order valence-corrected chi connectivity index (χ0v) is 13.3. The number of rotatable bonds is 4. The Balaban J connectivity index is 1.66. The third kappa shape index (κ3) is 3.53. The fraction of sp³-hybridized carbons (Fsp3) is 0.500. The Hall–Kier alpha value is -1.18. The topological polar surface area (TPSA) is 61.4 Å². The van der Waals surface area contributed by atoms with Gasteiger partial charge in [0.2, 0.25) is 10.0 Å². The number of sulfonamides is 1. The quantitative estimate of drug-likeness (QED) is 0.828. The lowest BCUT2D eigenvalue weighted by molar-refractivity contribution is 0.477. The maximum absolute atomic E-state index is 12.4. The van der Waals surface area contributed by atoms with E-state index in [-0.39, 0.29) is 0 Å². The van der Waals surface area contributed by atoms with Gasteiger partial charge in [-0.15, -0.1) is 0 Å². The second kappa shape index (κ2) is 5.90. The Morgan fingerprint density at radius 3 is 2.33 bits per heavy atom. The first kappa shape index (κ1) is 14.7. The molecule has 0 amide bonds. The van der Waals surface area contributed by atoms with Crippen molar-refractivity contribution in [2.75, 3.05) is 18.4 Å². The van der Waals surface area contributed by atoms with Crippen LogP contribution in [0.25, 0.3) is 0 Å². The monoisotopic (exact) mass is 325 g/mol. The van der Waals surface area contributed by atoms with Crippen LogP contribution in [-0.4, -0.2) is 37.0 Å². The molecule has 0 bridgehead atoms. The fourth-order valence-electron chi connectivity index (χ4n) is 2.37. The summed E-state index contributed by atoms with van der Waals surface area (Å²) in [4.78, 5) is 0.344. The SMILES string of the molecule is O=S(=O)(c1ccc(NC(=S)NC2CC2)cc1)N1CCCC1. The smallest absolute Gasteiger partial charge is 0.243 e. The minimum absolute atomic E-state index is 0.344. The first-order chi connectivity index (χ1) is 10.1. The van der Waals surface area contributed by atoms with E-state index >= 15 is 0 Å². The molecule has 0 spiro atoms. The average Bonchev–Trinajstić information content (AvgIpc) is 3.08. The highest BCUT2D eigenvalue weighted by Gasteiger charge is 2.27.